The van der Waals surface area contributed by atoms with Gasteiger partial charge in [-0.25, -0.2) is 8.78 Å². The molecule has 1 heterocycles. The molecule has 3 atom stereocenters. The van der Waals surface area contributed by atoms with Crippen molar-refractivity contribution in [3.63, 3.8) is 0 Å². The first-order valence-electron chi connectivity index (χ1n) is 10.3. The van der Waals surface area contributed by atoms with Crippen LogP contribution >= 0.6 is 0 Å². The van der Waals surface area contributed by atoms with Crippen LogP contribution in [0.25, 0.3) is 0 Å². The summed E-state index contributed by atoms with van der Waals surface area (Å²) in [5, 5.41) is 5.27. The van der Waals surface area contributed by atoms with E-state index in [1.165, 1.54) is 11.8 Å². The standard InChI is InChI=1S/C24H25F2N3O3/c1-15(27-21(30)13-16-11-18(25)14-19(26)12-16)23(31)28-22-20(17-7-4-3-5-8-17)9-6-10-29(2)24(22)32/h3-9,11-12,14-15,20,22H,10,13H2,1-2H3,(H,27,30)(H,28,31)/t15-,20+,22-/m0/s1. The Kier molecular flexibility index (Phi) is 7.35. The van der Waals surface area contributed by atoms with Crippen molar-refractivity contribution in [2.45, 2.75) is 31.3 Å². The predicted molar refractivity (Wildman–Crippen MR) is 116 cm³/mol. The van der Waals surface area contributed by atoms with Gasteiger partial charge < -0.3 is 15.5 Å². The lowest BCUT2D eigenvalue weighted by molar-refractivity contribution is -0.136. The Morgan fingerprint density at radius 1 is 1.12 bits per heavy atom. The number of benzene rings is 2. The van der Waals surface area contributed by atoms with E-state index in [2.05, 4.69) is 10.6 Å². The van der Waals surface area contributed by atoms with Crippen LogP contribution in [0.2, 0.25) is 0 Å². The summed E-state index contributed by atoms with van der Waals surface area (Å²) >= 11 is 0. The molecule has 0 radical (unpaired) electrons. The Morgan fingerprint density at radius 3 is 2.44 bits per heavy atom. The Balaban J connectivity index is 1.69. The molecule has 8 heteroatoms. The fourth-order valence-electron chi connectivity index (χ4n) is 3.62. The third-order valence-electron chi connectivity index (χ3n) is 5.26. The van der Waals surface area contributed by atoms with Gasteiger partial charge in [0, 0.05) is 25.6 Å². The highest BCUT2D eigenvalue weighted by molar-refractivity contribution is 5.93. The molecule has 3 rings (SSSR count). The number of likely N-dealkylation sites (N-methyl/N-ethyl adjacent to an activating group) is 1. The molecule has 0 aliphatic carbocycles. The normalized spacial score (nSPS) is 19.2. The van der Waals surface area contributed by atoms with Gasteiger partial charge in [-0.2, -0.15) is 0 Å². The first-order valence-corrected chi connectivity index (χ1v) is 10.3. The van der Waals surface area contributed by atoms with E-state index in [-0.39, 0.29) is 23.8 Å². The number of rotatable bonds is 6. The van der Waals surface area contributed by atoms with Crippen LogP contribution in [-0.4, -0.2) is 48.3 Å². The third-order valence-corrected chi connectivity index (χ3v) is 5.26. The minimum atomic E-state index is -0.956. The minimum absolute atomic E-state index is 0.155. The molecule has 3 amide bonds. The molecule has 2 aromatic carbocycles. The number of nitrogens with zero attached hydrogens (tertiary/aromatic N) is 1. The van der Waals surface area contributed by atoms with E-state index in [0.717, 1.165) is 23.8 Å². The molecule has 2 aromatic rings. The highest BCUT2D eigenvalue weighted by atomic mass is 19.1. The van der Waals surface area contributed by atoms with E-state index in [1.807, 2.05) is 42.5 Å². The van der Waals surface area contributed by atoms with Gasteiger partial charge in [0.1, 0.15) is 23.7 Å². The van der Waals surface area contributed by atoms with E-state index in [9.17, 15) is 23.2 Å². The van der Waals surface area contributed by atoms with Crippen LogP contribution in [0, 0.1) is 11.6 Å². The predicted octanol–water partition coefficient (Wildman–Crippen LogP) is 2.31. The topological polar surface area (TPSA) is 78.5 Å². The van der Waals surface area contributed by atoms with Crippen molar-refractivity contribution in [2.24, 2.45) is 0 Å². The lowest BCUT2D eigenvalue weighted by Gasteiger charge is -2.28. The molecule has 0 spiro atoms. The van der Waals surface area contributed by atoms with Gasteiger partial charge in [0.15, 0.2) is 0 Å². The molecule has 6 nitrogen and oxygen atoms in total. The molecule has 0 bridgehead atoms. The highest BCUT2D eigenvalue weighted by Gasteiger charge is 2.34. The van der Waals surface area contributed by atoms with Crippen LogP contribution in [0.4, 0.5) is 8.78 Å². The maximum absolute atomic E-state index is 13.3. The van der Waals surface area contributed by atoms with Crippen LogP contribution in [-0.2, 0) is 20.8 Å². The van der Waals surface area contributed by atoms with Crippen LogP contribution in [0.3, 0.4) is 0 Å². The van der Waals surface area contributed by atoms with Gasteiger partial charge in [0.25, 0.3) is 0 Å². The molecule has 0 aromatic heterocycles. The Bertz CT molecular complexity index is 1010. The second-order valence-corrected chi connectivity index (χ2v) is 7.81. The minimum Gasteiger partial charge on any atom is -0.344 e. The number of carbonyl (C=O) groups excluding carboxylic acids is 3. The zero-order valence-corrected chi connectivity index (χ0v) is 17.8. The maximum Gasteiger partial charge on any atom is 0.246 e. The SMILES string of the molecule is C[C@H](NC(=O)Cc1cc(F)cc(F)c1)C(=O)N[C@@H]1C(=O)N(C)CC=C[C@@H]1c1ccccc1. The van der Waals surface area contributed by atoms with Gasteiger partial charge in [-0.1, -0.05) is 42.5 Å². The molecule has 1 aliphatic rings. The smallest absolute Gasteiger partial charge is 0.246 e. The first kappa shape index (κ1) is 23.1. The van der Waals surface area contributed by atoms with Crippen LogP contribution < -0.4 is 10.6 Å². The number of carbonyl (C=O) groups is 3. The van der Waals surface area contributed by atoms with Gasteiger partial charge in [-0.15, -0.1) is 0 Å². The third kappa shape index (κ3) is 5.78. The van der Waals surface area contributed by atoms with Gasteiger partial charge >= 0.3 is 0 Å². The molecule has 0 saturated carbocycles. The molecule has 1 aliphatic heterocycles. The van der Waals surface area contributed by atoms with Crippen molar-refractivity contribution >= 4 is 17.7 Å². The van der Waals surface area contributed by atoms with Crippen molar-refractivity contribution in [1.29, 1.82) is 0 Å². The largest absolute Gasteiger partial charge is 0.344 e. The monoisotopic (exact) mass is 441 g/mol. The van der Waals surface area contributed by atoms with Gasteiger partial charge in [-0.3, -0.25) is 14.4 Å². The molecular formula is C24H25F2N3O3. The summed E-state index contributed by atoms with van der Waals surface area (Å²) in [5.41, 5.74) is 1.03. The molecule has 0 unspecified atom stereocenters. The van der Waals surface area contributed by atoms with Crippen LogP contribution in [0.1, 0.15) is 24.0 Å². The van der Waals surface area contributed by atoms with Crippen molar-refractivity contribution in [3.05, 3.63) is 83.4 Å². The second kappa shape index (κ2) is 10.2. The Labute approximate surface area is 185 Å². The van der Waals surface area contributed by atoms with E-state index in [0.29, 0.717) is 6.54 Å². The summed E-state index contributed by atoms with van der Waals surface area (Å²) in [5.74, 6) is -3.28. The average Bonchev–Trinajstić information content (AvgIpc) is 2.87. The van der Waals surface area contributed by atoms with Gasteiger partial charge in [0.05, 0.1) is 6.42 Å². The summed E-state index contributed by atoms with van der Waals surface area (Å²) < 4.78 is 26.7. The first-order chi connectivity index (χ1) is 15.2. The van der Waals surface area contributed by atoms with Crippen molar-refractivity contribution in [1.82, 2.24) is 15.5 Å². The van der Waals surface area contributed by atoms with E-state index >= 15 is 0 Å². The summed E-state index contributed by atoms with van der Waals surface area (Å²) in [4.78, 5) is 39.5. The number of hydrogen-bond donors (Lipinski definition) is 2. The number of nitrogens with one attached hydrogen (secondary N) is 2. The summed E-state index contributed by atoms with van der Waals surface area (Å²) in [6.07, 6.45) is 3.49. The van der Waals surface area contributed by atoms with Gasteiger partial charge in [0.2, 0.25) is 17.7 Å². The number of amides is 3. The number of halogens is 2. The van der Waals surface area contributed by atoms with Crippen molar-refractivity contribution in [2.75, 3.05) is 13.6 Å². The molecule has 0 fully saturated rings. The highest BCUT2D eigenvalue weighted by Crippen LogP contribution is 2.25. The fourth-order valence-corrected chi connectivity index (χ4v) is 3.62. The summed E-state index contributed by atoms with van der Waals surface area (Å²) in [6.45, 7) is 1.91. The summed E-state index contributed by atoms with van der Waals surface area (Å²) in [6, 6.07) is 10.4. The van der Waals surface area contributed by atoms with E-state index in [4.69, 9.17) is 0 Å². The zero-order chi connectivity index (χ0) is 23.3. The molecule has 168 valence electrons. The maximum atomic E-state index is 13.3. The number of hydrogen-bond acceptors (Lipinski definition) is 3. The summed E-state index contributed by atoms with van der Waals surface area (Å²) in [7, 11) is 1.66. The van der Waals surface area contributed by atoms with Gasteiger partial charge in [-0.05, 0) is 30.2 Å². The van der Waals surface area contributed by atoms with Crippen molar-refractivity contribution < 1.29 is 23.2 Å². The van der Waals surface area contributed by atoms with Crippen LogP contribution in [0.15, 0.2) is 60.7 Å². The lowest BCUT2D eigenvalue weighted by Crippen LogP contribution is -2.54. The molecule has 2 N–H and O–H groups in total. The van der Waals surface area contributed by atoms with E-state index in [1.54, 1.807) is 7.05 Å². The lowest BCUT2D eigenvalue weighted by atomic mass is 9.90. The molecule has 0 saturated heterocycles. The zero-order valence-electron chi connectivity index (χ0n) is 17.8. The molecular weight excluding hydrogens is 416 g/mol. The van der Waals surface area contributed by atoms with Crippen LogP contribution in [0.5, 0.6) is 0 Å². The molecule has 32 heavy (non-hydrogen) atoms. The Morgan fingerprint density at radius 2 is 1.78 bits per heavy atom. The fraction of sp³-hybridized carbons (Fsp3) is 0.292. The Hall–Kier alpha value is -3.55. The van der Waals surface area contributed by atoms with E-state index < -0.39 is 35.5 Å². The average molecular weight is 441 g/mol. The quantitative estimate of drug-likeness (QED) is 0.676. The second-order valence-electron chi connectivity index (χ2n) is 7.81. The van der Waals surface area contributed by atoms with Crippen molar-refractivity contribution in [3.8, 4) is 0 Å².